The van der Waals surface area contributed by atoms with Crippen molar-refractivity contribution in [1.82, 2.24) is 5.32 Å². The normalized spacial score (nSPS) is 10.7. The lowest BCUT2D eigenvalue weighted by Gasteiger charge is -2.14. The molecular formula is C23H23ClFNO2. The molecule has 0 atom stereocenters. The largest absolute Gasteiger partial charge is 0.493 e. The molecule has 0 heterocycles. The number of rotatable bonds is 9. The van der Waals surface area contributed by atoms with Crippen LogP contribution >= 0.6 is 11.6 Å². The second-order valence-electron chi connectivity index (χ2n) is 6.42. The summed E-state index contributed by atoms with van der Waals surface area (Å²) in [5.41, 5.74) is 3.10. The molecule has 5 heteroatoms. The monoisotopic (exact) mass is 399 g/mol. The van der Waals surface area contributed by atoms with Crippen LogP contribution in [0.2, 0.25) is 5.02 Å². The first-order valence-corrected chi connectivity index (χ1v) is 9.52. The molecule has 0 unspecified atom stereocenters. The highest BCUT2D eigenvalue weighted by Crippen LogP contribution is 2.34. The van der Waals surface area contributed by atoms with E-state index in [1.165, 1.54) is 12.1 Å². The molecule has 3 aromatic rings. The van der Waals surface area contributed by atoms with Gasteiger partial charge in [0.15, 0.2) is 11.5 Å². The van der Waals surface area contributed by atoms with Crippen LogP contribution < -0.4 is 14.8 Å². The lowest BCUT2D eigenvalue weighted by molar-refractivity contribution is 0.284. The molecule has 0 spiro atoms. The molecule has 3 nitrogen and oxygen atoms in total. The van der Waals surface area contributed by atoms with Crippen LogP contribution in [0.1, 0.15) is 16.7 Å². The van der Waals surface area contributed by atoms with Crippen molar-refractivity contribution in [2.24, 2.45) is 0 Å². The van der Waals surface area contributed by atoms with Gasteiger partial charge in [-0.15, -0.1) is 0 Å². The smallest absolute Gasteiger partial charge is 0.163 e. The Kier molecular flexibility index (Phi) is 7.29. The minimum absolute atomic E-state index is 0.217. The van der Waals surface area contributed by atoms with Crippen LogP contribution in [-0.2, 0) is 19.6 Å². The van der Waals surface area contributed by atoms with Gasteiger partial charge in [0.25, 0.3) is 0 Å². The fourth-order valence-corrected chi connectivity index (χ4v) is 3.05. The van der Waals surface area contributed by atoms with Crippen LogP contribution in [0.3, 0.4) is 0 Å². The van der Waals surface area contributed by atoms with Gasteiger partial charge in [-0.05, 0) is 47.9 Å². The Balaban J connectivity index is 1.56. The Morgan fingerprint density at radius 1 is 0.929 bits per heavy atom. The Bertz CT molecular complexity index is 885. The van der Waals surface area contributed by atoms with Crippen molar-refractivity contribution in [3.05, 3.63) is 94.3 Å². The maximum absolute atomic E-state index is 12.9. The van der Waals surface area contributed by atoms with Gasteiger partial charge >= 0.3 is 0 Å². The lowest BCUT2D eigenvalue weighted by atomic mass is 10.1. The van der Waals surface area contributed by atoms with Crippen molar-refractivity contribution in [3.8, 4) is 11.5 Å². The highest BCUT2D eigenvalue weighted by atomic mass is 35.5. The summed E-state index contributed by atoms with van der Waals surface area (Å²) in [5, 5.41) is 3.98. The summed E-state index contributed by atoms with van der Waals surface area (Å²) in [4.78, 5) is 0. The van der Waals surface area contributed by atoms with Crippen LogP contribution in [0.15, 0.2) is 66.7 Å². The number of ether oxygens (including phenoxy) is 2. The molecular weight excluding hydrogens is 377 g/mol. The molecule has 0 aromatic heterocycles. The molecule has 0 amide bonds. The summed E-state index contributed by atoms with van der Waals surface area (Å²) in [6.07, 6.45) is 0.813. The maximum Gasteiger partial charge on any atom is 0.163 e. The highest BCUT2D eigenvalue weighted by Gasteiger charge is 2.11. The number of hydrogen-bond acceptors (Lipinski definition) is 3. The number of hydrogen-bond donors (Lipinski definition) is 1. The fraction of sp³-hybridized carbons (Fsp3) is 0.217. The standard InChI is InChI=1S/C23H23ClFNO2/c1-27-22-13-19(15-26-12-11-17-7-9-20(25)10-8-17)21(24)14-23(22)28-16-18-5-3-2-4-6-18/h2-10,13-14,26H,11-12,15-16H2,1H3. The van der Waals surface area contributed by atoms with Crippen LogP contribution in [0.25, 0.3) is 0 Å². The molecule has 0 aliphatic heterocycles. The summed E-state index contributed by atoms with van der Waals surface area (Å²) in [5.74, 6) is 1.05. The van der Waals surface area contributed by atoms with Crippen LogP contribution in [0, 0.1) is 5.82 Å². The Morgan fingerprint density at radius 3 is 2.39 bits per heavy atom. The fourth-order valence-electron chi connectivity index (χ4n) is 2.83. The average Bonchev–Trinajstić information content (AvgIpc) is 2.72. The number of benzene rings is 3. The predicted octanol–water partition coefficient (Wildman–Crippen LogP) is 5.40. The maximum atomic E-state index is 12.9. The van der Waals surface area contributed by atoms with Crippen LogP contribution in [0.4, 0.5) is 4.39 Å². The second kappa shape index (κ2) is 10.1. The molecule has 0 saturated heterocycles. The molecule has 28 heavy (non-hydrogen) atoms. The van der Waals surface area contributed by atoms with Gasteiger partial charge in [0, 0.05) is 17.6 Å². The Morgan fingerprint density at radius 2 is 1.68 bits per heavy atom. The van der Waals surface area contributed by atoms with Crippen LogP contribution in [-0.4, -0.2) is 13.7 Å². The van der Waals surface area contributed by atoms with Gasteiger partial charge < -0.3 is 14.8 Å². The van der Waals surface area contributed by atoms with Gasteiger partial charge in [0.2, 0.25) is 0 Å². The van der Waals surface area contributed by atoms with Gasteiger partial charge in [0.1, 0.15) is 12.4 Å². The molecule has 3 aromatic carbocycles. The number of halogens is 2. The van der Waals surface area contributed by atoms with E-state index < -0.39 is 0 Å². The molecule has 0 aliphatic rings. The van der Waals surface area contributed by atoms with Crippen molar-refractivity contribution in [3.63, 3.8) is 0 Å². The minimum atomic E-state index is -0.217. The first kappa shape index (κ1) is 20.2. The van der Waals surface area contributed by atoms with Crippen molar-refractivity contribution in [2.45, 2.75) is 19.6 Å². The summed E-state index contributed by atoms with van der Waals surface area (Å²) >= 11 is 6.44. The molecule has 0 radical (unpaired) electrons. The molecule has 0 saturated carbocycles. The number of methoxy groups -OCH3 is 1. The van der Waals surface area contributed by atoms with Gasteiger partial charge in [-0.25, -0.2) is 4.39 Å². The molecule has 146 valence electrons. The summed E-state index contributed by atoms with van der Waals surface area (Å²) in [7, 11) is 1.62. The summed E-state index contributed by atoms with van der Waals surface area (Å²) in [6, 6.07) is 20.2. The molecule has 1 N–H and O–H groups in total. The molecule has 3 rings (SSSR count). The molecule has 0 fully saturated rings. The van der Waals surface area contributed by atoms with E-state index in [1.54, 1.807) is 25.3 Å². The third-order valence-electron chi connectivity index (χ3n) is 4.39. The quantitative estimate of drug-likeness (QED) is 0.489. The van der Waals surface area contributed by atoms with Crippen molar-refractivity contribution >= 4 is 11.6 Å². The average molecular weight is 400 g/mol. The number of nitrogens with one attached hydrogen (secondary N) is 1. The van der Waals surface area contributed by atoms with Crippen molar-refractivity contribution < 1.29 is 13.9 Å². The van der Waals surface area contributed by atoms with Gasteiger partial charge in [-0.1, -0.05) is 54.1 Å². The third kappa shape index (κ3) is 5.72. The zero-order valence-electron chi connectivity index (χ0n) is 15.8. The van der Waals surface area contributed by atoms with E-state index in [2.05, 4.69) is 5.32 Å². The van der Waals surface area contributed by atoms with Crippen LogP contribution in [0.5, 0.6) is 11.5 Å². The van der Waals surface area contributed by atoms with Crippen molar-refractivity contribution in [2.75, 3.05) is 13.7 Å². The van der Waals surface area contributed by atoms with E-state index in [1.807, 2.05) is 36.4 Å². The highest BCUT2D eigenvalue weighted by molar-refractivity contribution is 6.31. The summed E-state index contributed by atoms with van der Waals surface area (Å²) < 4.78 is 24.3. The van der Waals surface area contributed by atoms with Gasteiger partial charge in [0.05, 0.1) is 7.11 Å². The van der Waals surface area contributed by atoms with E-state index in [-0.39, 0.29) is 5.82 Å². The van der Waals surface area contributed by atoms with E-state index in [0.717, 1.165) is 29.7 Å². The topological polar surface area (TPSA) is 30.5 Å². The first-order valence-electron chi connectivity index (χ1n) is 9.14. The van der Waals surface area contributed by atoms with E-state index >= 15 is 0 Å². The SMILES string of the molecule is COc1cc(CNCCc2ccc(F)cc2)c(Cl)cc1OCc1ccccc1. The third-order valence-corrected chi connectivity index (χ3v) is 4.74. The minimum Gasteiger partial charge on any atom is -0.493 e. The van der Waals surface area contributed by atoms with E-state index in [4.69, 9.17) is 21.1 Å². The molecule has 0 bridgehead atoms. The zero-order chi connectivity index (χ0) is 19.8. The first-order chi connectivity index (χ1) is 13.7. The predicted molar refractivity (Wildman–Crippen MR) is 111 cm³/mol. The Labute approximate surface area is 170 Å². The summed E-state index contributed by atoms with van der Waals surface area (Å²) in [6.45, 7) is 1.81. The van der Waals surface area contributed by atoms with Gasteiger partial charge in [-0.3, -0.25) is 0 Å². The van der Waals surface area contributed by atoms with E-state index in [0.29, 0.717) is 29.7 Å². The van der Waals surface area contributed by atoms with E-state index in [9.17, 15) is 4.39 Å². The van der Waals surface area contributed by atoms with Gasteiger partial charge in [-0.2, -0.15) is 0 Å². The second-order valence-corrected chi connectivity index (χ2v) is 6.83. The van der Waals surface area contributed by atoms with Crippen molar-refractivity contribution in [1.29, 1.82) is 0 Å². The molecule has 0 aliphatic carbocycles. The lowest BCUT2D eigenvalue weighted by Crippen LogP contribution is -2.17. The Hall–Kier alpha value is -2.56. The zero-order valence-corrected chi connectivity index (χ0v) is 16.5.